The lowest BCUT2D eigenvalue weighted by atomic mass is 9.96. The van der Waals surface area contributed by atoms with Gasteiger partial charge < -0.3 is 5.32 Å². The fourth-order valence-corrected chi connectivity index (χ4v) is 2.69. The quantitative estimate of drug-likeness (QED) is 0.772. The first-order valence-corrected chi connectivity index (χ1v) is 6.94. The molecule has 2 rings (SSSR count). The molecule has 0 amide bonds. The van der Waals surface area contributed by atoms with Gasteiger partial charge >= 0.3 is 12.4 Å². The lowest BCUT2D eigenvalue weighted by molar-refractivity contribution is -0.144. The first-order chi connectivity index (χ1) is 10.5. The van der Waals surface area contributed by atoms with Crippen LogP contribution in [0.2, 0.25) is 0 Å². The molecule has 0 aliphatic carbocycles. The van der Waals surface area contributed by atoms with E-state index in [0.29, 0.717) is 26.2 Å². The molecule has 0 saturated carbocycles. The average molecular weight is 381 g/mol. The standard InChI is InChI=1S/C14H15F7N2.ClH/c1-8(23-4-2-22-3-5-23)12-10(14(19,20)21)6-9(7-11(12)15)13(16,17)18;/h6-8,22H,2-5H2,1H3;1H/t8-;/m0./s1. The molecule has 1 saturated heterocycles. The number of rotatable bonds is 2. The Balaban J connectivity index is 0.00000288. The van der Waals surface area contributed by atoms with Gasteiger partial charge in [0, 0.05) is 37.8 Å². The van der Waals surface area contributed by atoms with Crippen LogP contribution in [-0.2, 0) is 12.4 Å². The highest BCUT2D eigenvalue weighted by Gasteiger charge is 2.41. The lowest BCUT2D eigenvalue weighted by Gasteiger charge is -2.34. The second-order valence-electron chi connectivity index (χ2n) is 5.38. The summed E-state index contributed by atoms with van der Waals surface area (Å²) in [6.45, 7) is 3.19. The molecule has 1 atom stereocenters. The van der Waals surface area contributed by atoms with Gasteiger partial charge in [0.25, 0.3) is 0 Å². The maximum Gasteiger partial charge on any atom is 0.416 e. The minimum absolute atomic E-state index is 0. The van der Waals surface area contributed by atoms with Gasteiger partial charge in [0.1, 0.15) is 5.82 Å². The van der Waals surface area contributed by atoms with Crippen molar-refractivity contribution in [3.63, 3.8) is 0 Å². The zero-order chi connectivity index (χ0) is 17.4. The van der Waals surface area contributed by atoms with Crippen molar-refractivity contribution in [2.75, 3.05) is 26.2 Å². The summed E-state index contributed by atoms with van der Waals surface area (Å²) < 4.78 is 91.6. The van der Waals surface area contributed by atoms with E-state index in [2.05, 4.69) is 5.32 Å². The predicted molar refractivity (Wildman–Crippen MR) is 76.5 cm³/mol. The van der Waals surface area contributed by atoms with Crippen molar-refractivity contribution in [3.8, 4) is 0 Å². The molecule has 24 heavy (non-hydrogen) atoms. The lowest BCUT2D eigenvalue weighted by Crippen LogP contribution is -2.45. The number of nitrogens with one attached hydrogen (secondary N) is 1. The molecule has 0 radical (unpaired) electrons. The molecule has 1 aromatic carbocycles. The predicted octanol–water partition coefficient (Wildman–Crippen LogP) is 4.25. The Hall–Kier alpha value is -1.06. The topological polar surface area (TPSA) is 15.3 Å². The van der Waals surface area contributed by atoms with Gasteiger partial charge in [0.15, 0.2) is 0 Å². The minimum Gasteiger partial charge on any atom is -0.314 e. The molecule has 138 valence electrons. The van der Waals surface area contributed by atoms with Gasteiger partial charge in [-0.1, -0.05) is 0 Å². The molecule has 0 spiro atoms. The molecule has 2 nitrogen and oxygen atoms in total. The second-order valence-corrected chi connectivity index (χ2v) is 5.38. The maximum atomic E-state index is 14.1. The molecule has 0 aromatic heterocycles. The van der Waals surface area contributed by atoms with Gasteiger partial charge in [-0.15, -0.1) is 12.4 Å². The van der Waals surface area contributed by atoms with Gasteiger partial charge in [-0.2, -0.15) is 26.3 Å². The van der Waals surface area contributed by atoms with Crippen LogP contribution in [0.5, 0.6) is 0 Å². The van der Waals surface area contributed by atoms with Crippen molar-refractivity contribution in [2.45, 2.75) is 25.3 Å². The van der Waals surface area contributed by atoms with Crippen LogP contribution in [0.25, 0.3) is 0 Å². The summed E-state index contributed by atoms with van der Waals surface area (Å²) in [5.74, 6) is -1.49. The van der Waals surface area contributed by atoms with E-state index in [0.717, 1.165) is 0 Å². The van der Waals surface area contributed by atoms with E-state index in [-0.39, 0.29) is 24.5 Å². The summed E-state index contributed by atoms with van der Waals surface area (Å²) in [6.07, 6.45) is -10.1. The number of hydrogen-bond donors (Lipinski definition) is 1. The fourth-order valence-electron chi connectivity index (χ4n) is 2.69. The molecule has 1 N–H and O–H groups in total. The third-order valence-corrected chi connectivity index (χ3v) is 3.88. The first kappa shape index (κ1) is 21.0. The van der Waals surface area contributed by atoms with E-state index in [4.69, 9.17) is 0 Å². The van der Waals surface area contributed by atoms with Crippen LogP contribution < -0.4 is 5.32 Å². The van der Waals surface area contributed by atoms with Crippen molar-refractivity contribution in [1.82, 2.24) is 10.2 Å². The number of hydrogen-bond acceptors (Lipinski definition) is 2. The van der Waals surface area contributed by atoms with Crippen LogP contribution in [0, 0.1) is 5.82 Å². The molecule has 0 unspecified atom stereocenters. The van der Waals surface area contributed by atoms with Crippen LogP contribution in [0.15, 0.2) is 12.1 Å². The summed E-state index contributed by atoms with van der Waals surface area (Å²) in [6, 6.07) is -0.864. The van der Waals surface area contributed by atoms with E-state index >= 15 is 0 Å². The molecular weight excluding hydrogens is 365 g/mol. The molecule has 10 heteroatoms. The van der Waals surface area contributed by atoms with Crippen LogP contribution in [0.4, 0.5) is 30.7 Å². The molecule has 1 heterocycles. The van der Waals surface area contributed by atoms with Crippen LogP contribution >= 0.6 is 12.4 Å². The van der Waals surface area contributed by atoms with E-state index in [1.165, 1.54) is 6.92 Å². The zero-order valence-corrected chi connectivity index (χ0v) is 13.4. The zero-order valence-electron chi connectivity index (χ0n) is 12.6. The SMILES string of the molecule is C[C@@H](c1c(F)cc(C(F)(F)F)cc1C(F)(F)F)N1CCNCC1.Cl. The molecule has 0 bridgehead atoms. The van der Waals surface area contributed by atoms with Crippen LogP contribution in [0.1, 0.15) is 29.7 Å². The third-order valence-electron chi connectivity index (χ3n) is 3.88. The van der Waals surface area contributed by atoms with E-state index in [1.807, 2.05) is 0 Å². The highest BCUT2D eigenvalue weighted by Crippen LogP contribution is 2.41. The number of alkyl halides is 6. The summed E-state index contributed by atoms with van der Waals surface area (Å²) in [5.41, 5.74) is -3.96. The van der Waals surface area contributed by atoms with Gasteiger partial charge in [-0.3, -0.25) is 4.90 Å². The Morgan fingerprint density at radius 3 is 2.00 bits per heavy atom. The number of piperazine rings is 1. The normalized spacial score (nSPS) is 18.2. The summed E-state index contributed by atoms with van der Waals surface area (Å²) in [4.78, 5) is 1.61. The molecule has 1 aromatic rings. The highest BCUT2D eigenvalue weighted by molar-refractivity contribution is 5.85. The third kappa shape index (κ3) is 4.52. The summed E-state index contributed by atoms with van der Waals surface area (Å²) >= 11 is 0. The molecule has 1 aliphatic rings. The van der Waals surface area contributed by atoms with Crippen molar-refractivity contribution in [3.05, 3.63) is 34.6 Å². The van der Waals surface area contributed by atoms with E-state index in [9.17, 15) is 30.7 Å². The van der Waals surface area contributed by atoms with Crippen LogP contribution in [-0.4, -0.2) is 31.1 Å². The smallest absolute Gasteiger partial charge is 0.314 e. The number of benzene rings is 1. The van der Waals surface area contributed by atoms with Gasteiger partial charge in [-0.25, -0.2) is 4.39 Å². The Kier molecular flexibility index (Phi) is 6.51. The maximum absolute atomic E-state index is 14.1. The average Bonchev–Trinajstić information content (AvgIpc) is 2.44. The minimum atomic E-state index is -5.07. The number of halogens is 8. The Morgan fingerprint density at radius 1 is 1.00 bits per heavy atom. The second kappa shape index (κ2) is 7.45. The molecule has 1 fully saturated rings. The largest absolute Gasteiger partial charge is 0.416 e. The summed E-state index contributed by atoms with van der Waals surface area (Å²) in [5, 5.41) is 3.00. The van der Waals surface area contributed by atoms with Crippen LogP contribution in [0.3, 0.4) is 0 Å². The van der Waals surface area contributed by atoms with Gasteiger partial charge in [0.05, 0.1) is 11.1 Å². The highest BCUT2D eigenvalue weighted by atomic mass is 35.5. The Labute approximate surface area is 140 Å². The fraction of sp³-hybridized carbons (Fsp3) is 0.571. The Morgan fingerprint density at radius 2 is 1.54 bits per heavy atom. The van der Waals surface area contributed by atoms with Crippen molar-refractivity contribution >= 4 is 12.4 Å². The number of nitrogens with zero attached hydrogens (tertiary/aromatic N) is 1. The molecule has 1 aliphatic heterocycles. The van der Waals surface area contributed by atoms with Gasteiger partial charge in [0.2, 0.25) is 0 Å². The first-order valence-electron chi connectivity index (χ1n) is 6.94. The van der Waals surface area contributed by atoms with E-state index in [1.54, 1.807) is 4.90 Å². The van der Waals surface area contributed by atoms with Crippen molar-refractivity contribution in [1.29, 1.82) is 0 Å². The van der Waals surface area contributed by atoms with Crippen molar-refractivity contribution < 1.29 is 30.7 Å². The Bertz CT molecular complexity index is 565. The van der Waals surface area contributed by atoms with E-state index < -0.39 is 40.9 Å². The molecular formula is C14H16ClF7N2. The summed E-state index contributed by atoms with van der Waals surface area (Å²) in [7, 11) is 0. The monoisotopic (exact) mass is 380 g/mol. The van der Waals surface area contributed by atoms with Gasteiger partial charge in [-0.05, 0) is 19.1 Å². The van der Waals surface area contributed by atoms with Crippen molar-refractivity contribution in [2.24, 2.45) is 0 Å².